The molecular formula is C6H4F2NO. The summed E-state index contributed by atoms with van der Waals surface area (Å²) in [5.74, 6) is 0. The molecule has 10 heavy (non-hydrogen) atoms. The molecule has 1 rings (SSSR count). The average molecular weight is 144 g/mol. The second kappa shape index (κ2) is 2.60. The number of hydrogen-bond donors (Lipinski definition) is 0. The second-order valence-corrected chi connectivity index (χ2v) is 1.65. The van der Waals surface area contributed by atoms with E-state index in [9.17, 15) is 13.6 Å². The van der Waals surface area contributed by atoms with Crippen LogP contribution in [0.15, 0.2) is 23.1 Å². The van der Waals surface area contributed by atoms with Gasteiger partial charge >= 0.3 is 6.55 Å². The number of rotatable bonds is 1. The van der Waals surface area contributed by atoms with Crippen LogP contribution in [0.2, 0.25) is 0 Å². The highest BCUT2D eigenvalue weighted by Gasteiger charge is 2.04. The van der Waals surface area contributed by atoms with Gasteiger partial charge in [-0.3, -0.25) is 9.36 Å². The number of nitrogens with zero attached hydrogens (tertiary/aromatic N) is 1. The molecule has 1 radical (unpaired) electrons. The van der Waals surface area contributed by atoms with Crippen LogP contribution < -0.4 is 5.56 Å². The lowest BCUT2D eigenvalue weighted by molar-refractivity contribution is 0.0663. The van der Waals surface area contributed by atoms with Crippen molar-refractivity contribution in [3.05, 3.63) is 34.7 Å². The minimum Gasteiger partial charge on any atom is -0.269 e. The zero-order valence-electron chi connectivity index (χ0n) is 4.92. The summed E-state index contributed by atoms with van der Waals surface area (Å²) in [5, 5.41) is 0. The van der Waals surface area contributed by atoms with Gasteiger partial charge < -0.3 is 0 Å². The molecule has 1 aromatic heterocycles. The van der Waals surface area contributed by atoms with Crippen molar-refractivity contribution in [3.63, 3.8) is 0 Å². The molecule has 0 saturated heterocycles. The first-order valence-corrected chi connectivity index (χ1v) is 2.58. The Labute approximate surface area is 55.7 Å². The maximum Gasteiger partial charge on any atom is 0.321 e. The first-order chi connectivity index (χ1) is 4.72. The minimum atomic E-state index is -2.77. The number of pyridine rings is 1. The van der Waals surface area contributed by atoms with E-state index in [4.69, 9.17) is 0 Å². The number of alkyl halides is 2. The van der Waals surface area contributed by atoms with Gasteiger partial charge in [-0.05, 0) is 12.1 Å². The largest absolute Gasteiger partial charge is 0.321 e. The molecule has 2 nitrogen and oxygen atoms in total. The van der Waals surface area contributed by atoms with Gasteiger partial charge in [-0.2, -0.15) is 8.78 Å². The highest BCUT2D eigenvalue weighted by Crippen LogP contribution is 2.03. The van der Waals surface area contributed by atoms with E-state index in [1.54, 1.807) is 0 Å². The highest BCUT2D eigenvalue weighted by molar-refractivity contribution is 4.91. The monoisotopic (exact) mass is 144 g/mol. The van der Waals surface area contributed by atoms with Gasteiger partial charge in [0.25, 0.3) is 5.56 Å². The molecule has 0 amide bonds. The molecule has 0 aliphatic heterocycles. The van der Waals surface area contributed by atoms with E-state index in [0.29, 0.717) is 4.57 Å². The fourth-order valence-corrected chi connectivity index (χ4v) is 0.545. The fraction of sp³-hybridized carbons (Fsp3) is 0.167. The van der Waals surface area contributed by atoms with E-state index < -0.39 is 12.1 Å². The van der Waals surface area contributed by atoms with Crippen LogP contribution in [0.25, 0.3) is 0 Å². The summed E-state index contributed by atoms with van der Waals surface area (Å²) in [4.78, 5) is 10.5. The van der Waals surface area contributed by atoms with E-state index in [1.807, 2.05) is 0 Å². The van der Waals surface area contributed by atoms with E-state index in [1.165, 1.54) is 6.07 Å². The molecule has 0 aromatic carbocycles. The Balaban J connectivity index is 3.16. The SMILES string of the molecule is O=c1cc[c]cn1C(F)F. The summed E-state index contributed by atoms with van der Waals surface area (Å²) in [5.41, 5.74) is -0.714. The Morgan fingerprint density at radius 1 is 1.60 bits per heavy atom. The number of aromatic nitrogens is 1. The molecule has 0 bridgehead atoms. The van der Waals surface area contributed by atoms with Crippen LogP contribution in [-0.2, 0) is 0 Å². The van der Waals surface area contributed by atoms with Crippen LogP contribution in [0, 0.1) is 6.07 Å². The molecular weight excluding hydrogens is 140 g/mol. The number of halogens is 2. The van der Waals surface area contributed by atoms with E-state index in [-0.39, 0.29) is 0 Å². The van der Waals surface area contributed by atoms with Crippen LogP contribution in [0.1, 0.15) is 6.55 Å². The van der Waals surface area contributed by atoms with Crippen molar-refractivity contribution in [2.45, 2.75) is 6.55 Å². The van der Waals surface area contributed by atoms with Crippen LogP contribution in [0.5, 0.6) is 0 Å². The third kappa shape index (κ3) is 1.21. The molecule has 53 valence electrons. The predicted molar refractivity (Wildman–Crippen MR) is 30.8 cm³/mol. The van der Waals surface area contributed by atoms with Gasteiger partial charge in [0, 0.05) is 12.3 Å². The number of hydrogen-bond acceptors (Lipinski definition) is 1. The van der Waals surface area contributed by atoms with Crippen molar-refractivity contribution in [2.24, 2.45) is 0 Å². The van der Waals surface area contributed by atoms with Crippen molar-refractivity contribution in [1.29, 1.82) is 0 Å². The molecule has 0 atom stereocenters. The Hall–Kier alpha value is -1.19. The summed E-state index contributed by atoms with van der Waals surface area (Å²) in [6.07, 6.45) is 0.924. The van der Waals surface area contributed by atoms with E-state index in [2.05, 4.69) is 6.07 Å². The van der Waals surface area contributed by atoms with Gasteiger partial charge in [0.15, 0.2) is 0 Å². The van der Waals surface area contributed by atoms with Crippen LogP contribution in [0.3, 0.4) is 0 Å². The molecule has 1 heterocycles. The Morgan fingerprint density at radius 2 is 2.30 bits per heavy atom. The maximum atomic E-state index is 11.8. The summed E-state index contributed by atoms with van der Waals surface area (Å²) >= 11 is 0. The average Bonchev–Trinajstić information content (AvgIpc) is 1.88. The first kappa shape index (κ1) is 6.92. The van der Waals surface area contributed by atoms with Crippen LogP contribution >= 0.6 is 0 Å². The molecule has 0 aliphatic carbocycles. The Bertz CT molecular complexity index is 268. The zero-order chi connectivity index (χ0) is 7.56. The van der Waals surface area contributed by atoms with Crippen LogP contribution in [-0.4, -0.2) is 4.57 Å². The van der Waals surface area contributed by atoms with Crippen molar-refractivity contribution in [3.8, 4) is 0 Å². The van der Waals surface area contributed by atoms with E-state index in [0.717, 1.165) is 12.3 Å². The Morgan fingerprint density at radius 3 is 2.70 bits per heavy atom. The van der Waals surface area contributed by atoms with Gasteiger partial charge in [-0.25, -0.2) is 0 Å². The van der Waals surface area contributed by atoms with Gasteiger partial charge in [-0.1, -0.05) is 0 Å². The normalized spacial score (nSPS) is 10.3. The molecule has 0 saturated carbocycles. The van der Waals surface area contributed by atoms with Gasteiger partial charge in [0.05, 0.1) is 0 Å². The lowest BCUT2D eigenvalue weighted by Gasteiger charge is -1.99. The van der Waals surface area contributed by atoms with Crippen molar-refractivity contribution >= 4 is 0 Å². The molecule has 4 heteroatoms. The van der Waals surface area contributed by atoms with E-state index >= 15 is 0 Å². The predicted octanol–water partition coefficient (Wildman–Crippen LogP) is 1.04. The third-order valence-electron chi connectivity index (χ3n) is 1.00. The third-order valence-corrected chi connectivity index (χ3v) is 1.00. The molecule has 0 N–H and O–H groups in total. The second-order valence-electron chi connectivity index (χ2n) is 1.65. The van der Waals surface area contributed by atoms with Crippen molar-refractivity contribution in [1.82, 2.24) is 4.57 Å². The molecule has 0 aliphatic rings. The van der Waals surface area contributed by atoms with Gasteiger partial charge in [0.1, 0.15) is 0 Å². The smallest absolute Gasteiger partial charge is 0.269 e. The quantitative estimate of drug-likeness (QED) is 0.577. The molecule has 0 spiro atoms. The van der Waals surface area contributed by atoms with Gasteiger partial charge in [0.2, 0.25) is 0 Å². The summed E-state index contributed by atoms with van der Waals surface area (Å²) in [7, 11) is 0. The van der Waals surface area contributed by atoms with Crippen molar-refractivity contribution in [2.75, 3.05) is 0 Å². The minimum absolute atomic E-state index is 0.306. The lowest BCUT2D eigenvalue weighted by atomic mass is 10.5. The van der Waals surface area contributed by atoms with Crippen LogP contribution in [0.4, 0.5) is 8.78 Å². The lowest BCUT2D eigenvalue weighted by Crippen LogP contribution is -2.17. The zero-order valence-corrected chi connectivity index (χ0v) is 4.92. The maximum absolute atomic E-state index is 11.8. The fourth-order valence-electron chi connectivity index (χ4n) is 0.545. The van der Waals surface area contributed by atoms with Gasteiger partial charge in [-0.15, -0.1) is 0 Å². The summed E-state index contributed by atoms with van der Waals surface area (Å²) in [6, 6.07) is 4.69. The molecule has 1 aromatic rings. The highest BCUT2D eigenvalue weighted by atomic mass is 19.3. The first-order valence-electron chi connectivity index (χ1n) is 2.58. The summed E-state index contributed by atoms with van der Waals surface area (Å²) < 4.78 is 23.8. The topological polar surface area (TPSA) is 22.0 Å². The van der Waals surface area contributed by atoms with Crippen molar-refractivity contribution < 1.29 is 8.78 Å². The molecule has 0 unspecified atom stereocenters. The summed E-state index contributed by atoms with van der Waals surface area (Å²) in [6.45, 7) is -2.77. The standard InChI is InChI=1S/C6H4F2NO/c7-6(8)9-4-2-1-3-5(9)10/h1,3-4,6H. The molecule has 0 fully saturated rings. The Kier molecular flexibility index (Phi) is 1.80.